The predicted octanol–water partition coefficient (Wildman–Crippen LogP) is 0.756. The van der Waals surface area contributed by atoms with Crippen LogP contribution < -0.4 is 44.6 Å². The van der Waals surface area contributed by atoms with E-state index in [1.165, 1.54) is 51.4 Å². The van der Waals surface area contributed by atoms with Gasteiger partial charge in [0.05, 0.1) is 0 Å². The van der Waals surface area contributed by atoms with Crippen molar-refractivity contribution in [1.29, 1.82) is 0 Å². The van der Waals surface area contributed by atoms with Gasteiger partial charge in [0.2, 0.25) is 23.6 Å². The Morgan fingerprint density at radius 1 is 0.581 bits per heavy atom. The number of aliphatic imine (C=N–C) groups is 2. The maximum Gasteiger partial charge on any atom is 0.243 e. The van der Waals surface area contributed by atoms with Crippen LogP contribution in [-0.4, -0.2) is 67.3 Å². The topological polar surface area (TPSA) is 259 Å². The van der Waals surface area contributed by atoms with Crippen LogP contribution >= 0.6 is 0 Å². The third-order valence-electron chi connectivity index (χ3n) is 6.88. The van der Waals surface area contributed by atoms with Gasteiger partial charge >= 0.3 is 0 Å². The fourth-order valence-electron chi connectivity index (χ4n) is 4.45. The second kappa shape index (κ2) is 26.1. The summed E-state index contributed by atoms with van der Waals surface area (Å²) in [5.74, 6) is -1.95. The van der Waals surface area contributed by atoms with Gasteiger partial charge in [-0.3, -0.25) is 29.2 Å². The molecule has 0 heterocycles. The molecule has 0 aromatic carbocycles. The molecule has 0 bridgehead atoms. The van der Waals surface area contributed by atoms with Crippen molar-refractivity contribution in [3.63, 3.8) is 0 Å². The summed E-state index contributed by atoms with van der Waals surface area (Å²) >= 11 is 0. The van der Waals surface area contributed by atoms with Crippen LogP contribution in [-0.2, 0) is 19.2 Å². The lowest BCUT2D eigenvalue weighted by molar-refractivity contribution is -0.131. The first-order valence-corrected chi connectivity index (χ1v) is 15.8. The van der Waals surface area contributed by atoms with E-state index in [9.17, 15) is 19.2 Å². The SMILES string of the molecule is CCCCCCCCCCCCCC(=O)NCCC(=O)N[C@@H](CCCN=C(N)N)C(=O)N[C@@H](CCCN=C(N)N)C(N)=O. The number of carbonyl (C=O) groups is 4. The van der Waals surface area contributed by atoms with E-state index < -0.39 is 29.8 Å². The van der Waals surface area contributed by atoms with E-state index in [4.69, 9.17) is 28.7 Å². The number of carbonyl (C=O) groups excluding carboxylic acids is 4. The summed E-state index contributed by atoms with van der Waals surface area (Å²) in [6, 6.07) is -1.91. The van der Waals surface area contributed by atoms with Crippen LogP contribution in [0.15, 0.2) is 9.98 Å². The average Bonchev–Trinajstić information content (AvgIpc) is 2.94. The zero-order valence-corrected chi connectivity index (χ0v) is 26.2. The molecule has 248 valence electrons. The highest BCUT2D eigenvalue weighted by molar-refractivity contribution is 5.91. The van der Waals surface area contributed by atoms with Gasteiger partial charge in [0.25, 0.3) is 0 Å². The average molecular weight is 611 g/mol. The van der Waals surface area contributed by atoms with Gasteiger partial charge in [0.15, 0.2) is 11.9 Å². The molecule has 0 spiro atoms. The largest absolute Gasteiger partial charge is 0.370 e. The zero-order valence-electron chi connectivity index (χ0n) is 26.2. The van der Waals surface area contributed by atoms with Crippen LogP contribution in [0.3, 0.4) is 0 Å². The molecule has 0 aromatic rings. The molecule has 0 rings (SSSR count). The summed E-state index contributed by atoms with van der Waals surface area (Å²) in [5, 5.41) is 8.03. The van der Waals surface area contributed by atoms with Gasteiger partial charge in [-0.2, -0.15) is 0 Å². The predicted molar refractivity (Wildman–Crippen MR) is 172 cm³/mol. The molecule has 0 saturated heterocycles. The minimum atomic E-state index is -0.964. The van der Waals surface area contributed by atoms with Crippen molar-refractivity contribution in [1.82, 2.24) is 16.0 Å². The molecule has 43 heavy (non-hydrogen) atoms. The van der Waals surface area contributed by atoms with Crippen molar-refractivity contribution in [2.24, 2.45) is 38.7 Å². The summed E-state index contributed by atoms with van der Waals surface area (Å²) < 4.78 is 0. The second-order valence-corrected chi connectivity index (χ2v) is 10.9. The standard InChI is InChI=1S/C29H58N10O4/c1-2-3-4-5-6-7-8-9-10-11-12-17-24(40)35-21-18-25(41)38-23(16-14-20-37-29(33)34)27(43)39-22(26(30)42)15-13-19-36-28(31)32/h22-23H,2-21H2,1H3,(H2,30,42)(H,35,40)(H,38,41)(H,39,43)(H4,31,32,36)(H4,33,34,37)/t22-,23-/m0/s1. The molecule has 13 N–H and O–H groups in total. The van der Waals surface area contributed by atoms with E-state index in [2.05, 4.69) is 32.9 Å². The van der Waals surface area contributed by atoms with Crippen LogP contribution in [0.1, 0.15) is 116 Å². The monoisotopic (exact) mass is 610 g/mol. The number of unbranched alkanes of at least 4 members (excludes halogenated alkanes) is 10. The molecule has 14 nitrogen and oxygen atoms in total. The summed E-state index contributed by atoms with van der Waals surface area (Å²) in [6.07, 6.45) is 15.0. The van der Waals surface area contributed by atoms with Crippen molar-refractivity contribution in [3.05, 3.63) is 0 Å². The minimum Gasteiger partial charge on any atom is -0.370 e. The first-order chi connectivity index (χ1) is 20.6. The number of nitrogens with two attached hydrogens (primary N) is 5. The molecule has 4 amide bonds. The molecule has 0 aliphatic rings. The molecular weight excluding hydrogens is 552 g/mol. The van der Waals surface area contributed by atoms with Gasteiger partial charge in [0.1, 0.15) is 12.1 Å². The van der Waals surface area contributed by atoms with E-state index in [-0.39, 0.29) is 56.7 Å². The van der Waals surface area contributed by atoms with Crippen LogP contribution in [0.2, 0.25) is 0 Å². The number of hydrogen-bond donors (Lipinski definition) is 8. The van der Waals surface area contributed by atoms with Crippen LogP contribution in [0.4, 0.5) is 0 Å². The van der Waals surface area contributed by atoms with Gasteiger partial charge < -0.3 is 44.6 Å². The Bertz CT molecular complexity index is 858. The van der Waals surface area contributed by atoms with Crippen LogP contribution in [0.5, 0.6) is 0 Å². The molecule has 0 aromatic heterocycles. The fourth-order valence-corrected chi connectivity index (χ4v) is 4.45. The summed E-state index contributed by atoms with van der Waals surface area (Å²) in [7, 11) is 0. The van der Waals surface area contributed by atoms with Gasteiger partial charge in [0, 0.05) is 32.5 Å². The van der Waals surface area contributed by atoms with Gasteiger partial charge in [-0.1, -0.05) is 71.1 Å². The van der Waals surface area contributed by atoms with Crippen molar-refractivity contribution < 1.29 is 19.2 Å². The van der Waals surface area contributed by atoms with Crippen molar-refractivity contribution in [3.8, 4) is 0 Å². The Morgan fingerprint density at radius 3 is 1.56 bits per heavy atom. The number of hydrogen-bond acceptors (Lipinski definition) is 6. The highest BCUT2D eigenvalue weighted by Crippen LogP contribution is 2.12. The van der Waals surface area contributed by atoms with Crippen molar-refractivity contribution >= 4 is 35.5 Å². The molecule has 0 unspecified atom stereocenters. The Hall–Kier alpha value is -3.58. The Balaban J connectivity index is 4.52. The van der Waals surface area contributed by atoms with Crippen LogP contribution in [0.25, 0.3) is 0 Å². The molecule has 0 saturated carbocycles. The van der Waals surface area contributed by atoms with Gasteiger partial charge in [-0.15, -0.1) is 0 Å². The number of nitrogens with one attached hydrogen (secondary N) is 3. The van der Waals surface area contributed by atoms with Crippen molar-refractivity contribution in [2.75, 3.05) is 19.6 Å². The fraction of sp³-hybridized carbons (Fsp3) is 0.793. The molecular formula is C29H58N10O4. The number of amides is 4. The molecule has 0 aliphatic carbocycles. The first kappa shape index (κ1) is 39.4. The zero-order chi connectivity index (χ0) is 32.3. The second-order valence-electron chi connectivity index (χ2n) is 10.9. The lowest BCUT2D eigenvalue weighted by atomic mass is 10.1. The Morgan fingerprint density at radius 2 is 1.07 bits per heavy atom. The summed E-state index contributed by atoms with van der Waals surface area (Å²) in [6.45, 7) is 2.91. The quantitative estimate of drug-likeness (QED) is 0.0373. The smallest absolute Gasteiger partial charge is 0.243 e. The van der Waals surface area contributed by atoms with E-state index in [1.54, 1.807) is 0 Å². The minimum absolute atomic E-state index is 0.000556. The maximum absolute atomic E-state index is 13.0. The van der Waals surface area contributed by atoms with E-state index in [1.807, 2.05) is 0 Å². The summed E-state index contributed by atoms with van der Waals surface area (Å²) in [5.41, 5.74) is 26.8. The van der Waals surface area contributed by atoms with Gasteiger partial charge in [-0.05, 0) is 32.1 Å². The van der Waals surface area contributed by atoms with Gasteiger partial charge in [-0.25, -0.2) is 0 Å². The molecule has 0 radical (unpaired) electrons. The number of primary amides is 1. The molecule has 0 aliphatic heterocycles. The Kier molecular flexibility index (Phi) is 23.9. The molecule has 14 heteroatoms. The van der Waals surface area contributed by atoms with Crippen molar-refractivity contribution in [2.45, 2.75) is 128 Å². The third-order valence-corrected chi connectivity index (χ3v) is 6.88. The summed E-state index contributed by atoms with van der Waals surface area (Å²) in [4.78, 5) is 57.4. The highest BCUT2D eigenvalue weighted by Gasteiger charge is 2.25. The number of rotatable bonds is 27. The number of guanidine groups is 2. The van der Waals surface area contributed by atoms with E-state index >= 15 is 0 Å². The van der Waals surface area contributed by atoms with E-state index in [0.29, 0.717) is 19.3 Å². The molecule has 0 fully saturated rings. The normalized spacial score (nSPS) is 12.0. The van der Waals surface area contributed by atoms with Crippen LogP contribution in [0, 0.1) is 0 Å². The highest BCUT2D eigenvalue weighted by atomic mass is 16.2. The lowest BCUT2D eigenvalue weighted by Crippen LogP contribution is -2.53. The molecule has 2 atom stereocenters. The Labute approximate surface area is 257 Å². The first-order valence-electron chi connectivity index (χ1n) is 15.8. The maximum atomic E-state index is 13.0. The van der Waals surface area contributed by atoms with E-state index in [0.717, 1.165) is 19.3 Å². The third kappa shape index (κ3) is 24.7. The lowest BCUT2D eigenvalue weighted by Gasteiger charge is -2.22. The number of nitrogens with zero attached hydrogens (tertiary/aromatic N) is 2.